The van der Waals surface area contributed by atoms with Crippen LogP contribution >= 0.6 is 7.92 Å². The van der Waals surface area contributed by atoms with E-state index in [1.54, 1.807) is 11.1 Å². The first-order valence-electron chi connectivity index (χ1n) is 15.4. The van der Waals surface area contributed by atoms with Gasteiger partial charge in [0.15, 0.2) is 0 Å². The summed E-state index contributed by atoms with van der Waals surface area (Å²) >= 11 is 0. The van der Waals surface area contributed by atoms with Crippen LogP contribution in [0.15, 0.2) is 91.0 Å². The summed E-state index contributed by atoms with van der Waals surface area (Å²) in [5, 5.41) is 4.34. The van der Waals surface area contributed by atoms with Gasteiger partial charge < -0.3 is 0 Å². The first kappa shape index (κ1) is 26.5. The molecular formula is C38H43P. The molecule has 4 aromatic rings. The van der Waals surface area contributed by atoms with E-state index in [-0.39, 0.29) is 0 Å². The molecule has 0 heterocycles. The van der Waals surface area contributed by atoms with Crippen molar-refractivity contribution in [3.63, 3.8) is 0 Å². The Bertz CT molecular complexity index is 1340. The molecule has 2 aliphatic rings. The first-order valence-corrected chi connectivity index (χ1v) is 16.7. The molecule has 39 heavy (non-hydrogen) atoms. The van der Waals surface area contributed by atoms with Crippen molar-refractivity contribution in [1.82, 2.24) is 0 Å². The van der Waals surface area contributed by atoms with Crippen LogP contribution in [0.25, 0.3) is 11.1 Å². The normalized spacial score (nSPS) is 17.0. The van der Waals surface area contributed by atoms with Gasteiger partial charge in [0.2, 0.25) is 0 Å². The zero-order valence-electron chi connectivity index (χ0n) is 23.8. The van der Waals surface area contributed by atoms with Gasteiger partial charge in [-0.2, -0.15) is 0 Å². The lowest BCUT2D eigenvalue weighted by Crippen LogP contribution is -2.23. The maximum Gasteiger partial charge on any atom is -0.00683 e. The summed E-state index contributed by atoms with van der Waals surface area (Å²) in [7, 11) is -0.663. The van der Waals surface area contributed by atoms with Crippen molar-refractivity contribution in [3.8, 4) is 11.1 Å². The van der Waals surface area contributed by atoms with E-state index >= 15 is 0 Å². The summed E-state index contributed by atoms with van der Waals surface area (Å²) in [5.41, 5.74) is 9.20. The highest BCUT2D eigenvalue weighted by molar-refractivity contribution is 7.80. The molecule has 0 spiro atoms. The quantitative estimate of drug-likeness (QED) is 0.218. The predicted octanol–water partition coefficient (Wildman–Crippen LogP) is 9.82. The van der Waals surface area contributed by atoms with Crippen molar-refractivity contribution >= 4 is 23.8 Å². The minimum Gasteiger partial charge on any atom is -0.0622 e. The van der Waals surface area contributed by atoms with E-state index in [0.29, 0.717) is 0 Å². The van der Waals surface area contributed by atoms with Crippen molar-refractivity contribution in [2.24, 2.45) is 0 Å². The zero-order valence-corrected chi connectivity index (χ0v) is 24.7. The highest BCUT2D eigenvalue weighted by Gasteiger charge is 2.27. The standard InChI is InChI=1S/C38H43P/c1-28-16-15-25-37(39(32-21-11-5-12-22-32)33-23-13-6-14-24-33)38(28)34-27-36(31-19-9-4-10-20-31)35(26-29(34)2)30-17-7-3-8-18-30/h5-6,11-16,21-27,30-31H,3-4,7-10,17-20H2,1-2H3. The Morgan fingerprint density at radius 3 is 1.56 bits per heavy atom. The van der Waals surface area contributed by atoms with Gasteiger partial charge in [0, 0.05) is 0 Å². The first-order chi connectivity index (χ1) is 19.2. The van der Waals surface area contributed by atoms with Crippen molar-refractivity contribution in [3.05, 3.63) is 113 Å². The summed E-state index contributed by atoms with van der Waals surface area (Å²) in [5.74, 6) is 1.48. The van der Waals surface area contributed by atoms with E-state index in [0.717, 1.165) is 11.8 Å². The molecule has 0 bridgehead atoms. The molecule has 2 fully saturated rings. The van der Waals surface area contributed by atoms with Crippen molar-refractivity contribution in [2.75, 3.05) is 0 Å². The summed E-state index contributed by atoms with van der Waals surface area (Å²) < 4.78 is 0. The summed E-state index contributed by atoms with van der Waals surface area (Å²) in [6.07, 6.45) is 13.9. The maximum absolute atomic E-state index is 2.69. The highest BCUT2D eigenvalue weighted by atomic mass is 31.1. The number of aryl methyl sites for hydroxylation is 2. The molecule has 4 aromatic carbocycles. The molecule has 1 heteroatoms. The number of benzene rings is 4. The SMILES string of the molecule is Cc1cc(C2CCCCC2)c(C2CCCCC2)cc1-c1c(C)cccc1P(c1ccccc1)c1ccccc1. The number of rotatable bonds is 6. The van der Waals surface area contributed by atoms with Gasteiger partial charge in [0.05, 0.1) is 0 Å². The highest BCUT2D eigenvalue weighted by Crippen LogP contribution is 2.45. The van der Waals surface area contributed by atoms with Gasteiger partial charge in [-0.1, -0.05) is 130 Å². The molecule has 2 saturated carbocycles. The number of hydrogen-bond donors (Lipinski definition) is 0. The second-order valence-electron chi connectivity index (χ2n) is 11.9. The molecule has 0 nitrogen and oxygen atoms in total. The maximum atomic E-state index is 2.69. The monoisotopic (exact) mass is 530 g/mol. The molecule has 0 aromatic heterocycles. The van der Waals surface area contributed by atoms with Crippen LogP contribution in [0.3, 0.4) is 0 Å². The molecule has 0 aliphatic heterocycles. The van der Waals surface area contributed by atoms with Crippen LogP contribution in [0.2, 0.25) is 0 Å². The fourth-order valence-electron chi connectivity index (χ4n) is 7.32. The second kappa shape index (κ2) is 12.2. The van der Waals surface area contributed by atoms with Crippen LogP contribution in [0.1, 0.15) is 98.3 Å². The van der Waals surface area contributed by atoms with E-state index < -0.39 is 7.92 Å². The van der Waals surface area contributed by atoms with Crippen molar-refractivity contribution in [2.45, 2.75) is 89.9 Å². The van der Waals surface area contributed by atoms with Gasteiger partial charge in [-0.3, -0.25) is 0 Å². The fourth-order valence-corrected chi connectivity index (χ4v) is 9.87. The summed E-state index contributed by atoms with van der Waals surface area (Å²) in [6.45, 7) is 4.72. The van der Waals surface area contributed by atoms with Gasteiger partial charge in [-0.05, 0) is 109 Å². The minimum atomic E-state index is -0.663. The molecule has 6 rings (SSSR count). The molecule has 0 N–H and O–H groups in total. The Morgan fingerprint density at radius 1 is 0.513 bits per heavy atom. The van der Waals surface area contributed by atoms with E-state index in [1.165, 1.54) is 102 Å². The smallest absolute Gasteiger partial charge is 0.00683 e. The summed E-state index contributed by atoms with van der Waals surface area (Å²) in [4.78, 5) is 0. The van der Waals surface area contributed by atoms with Crippen molar-refractivity contribution < 1.29 is 0 Å². The third-order valence-corrected chi connectivity index (χ3v) is 11.8. The molecule has 0 atom stereocenters. The van der Waals surface area contributed by atoms with E-state index in [2.05, 4.69) is 105 Å². The average molecular weight is 531 g/mol. The van der Waals surface area contributed by atoms with Gasteiger partial charge in [-0.15, -0.1) is 0 Å². The van der Waals surface area contributed by atoms with Crippen LogP contribution < -0.4 is 15.9 Å². The van der Waals surface area contributed by atoms with Gasteiger partial charge >= 0.3 is 0 Å². The molecule has 2 aliphatic carbocycles. The Hall–Kier alpha value is -2.69. The van der Waals surface area contributed by atoms with Gasteiger partial charge in [0.1, 0.15) is 0 Å². The predicted molar refractivity (Wildman–Crippen MR) is 172 cm³/mol. The largest absolute Gasteiger partial charge is 0.0622 e. The fraction of sp³-hybridized carbons (Fsp3) is 0.368. The zero-order chi connectivity index (χ0) is 26.6. The van der Waals surface area contributed by atoms with Crippen LogP contribution in [-0.2, 0) is 0 Å². The average Bonchev–Trinajstić information content (AvgIpc) is 3.00. The third-order valence-electron chi connectivity index (χ3n) is 9.31. The molecule has 0 saturated heterocycles. The Morgan fingerprint density at radius 2 is 1.03 bits per heavy atom. The molecule has 0 amide bonds. The van der Waals surface area contributed by atoms with Crippen molar-refractivity contribution in [1.29, 1.82) is 0 Å². The van der Waals surface area contributed by atoms with E-state index in [4.69, 9.17) is 0 Å². The summed E-state index contributed by atoms with van der Waals surface area (Å²) in [6, 6.07) is 34.8. The van der Waals surface area contributed by atoms with Crippen LogP contribution in [0.4, 0.5) is 0 Å². The van der Waals surface area contributed by atoms with Gasteiger partial charge in [0.25, 0.3) is 0 Å². The lowest BCUT2D eigenvalue weighted by atomic mass is 9.74. The number of hydrogen-bond acceptors (Lipinski definition) is 0. The van der Waals surface area contributed by atoms with Crippen LogP contribution in [0, 0.1) is 13.8 Å². The molecular weight excluding hydrogens is 487 g/mol. The van der Waals surface area contributed by atoms with E-state index in [1.807, 2.05) is 0 Å². The Kier molecular flexibility index (Phi) is 8.32. The molecule has 200 valence electrons. The van der Waals surface area contributed by atoms with E-state index in [9.17, 15) is 0 Å². The molecule has 0 unspecified atom stereocenters. The van der Waals surface area contributed by atoms with Crippen LogP contribution in [-0.4, -0.2) is 0 Å². The van der Waals surface area contributed by atoms with Gasteiger partial charge in [-0.25, -0.2) is 0 Å². The second-order valence-corrected chi connectivity index (χ2v) is 14.1. The lowest BCUT2D eigenvalue weighted by molar-refractivity contribution is 0.419. The third kappa shape index (κ3) is 5.64. The lowest BCUT2D eigenvalue weighted by Gasteiger charge is -2.32. The Balaban J connectivity index is 1.54. The van der Waals surface area contributed by atoms with Crippen LogP contribution in [0.5, 0.6) is 0 Å². The Labute approximate surface area is 237 Å². The molecule has 0 radical (unpaired) electrons. The minimum absolute atomic E-state index is 0.663. The topological polar surface area (TPSA) is 0 Å².